The maximum atomic E-state index is 13.5. The van der Waals surface area contributed by atoms with Gasteiger partial charge in [-0.3, -0.25) is 15.6 Å². The molecule has 5 heterocycles. The van der Waals surface area contributed by atoms with Crippen molar-refractivity contribution in [3.63, 3.8) is 0 Å². The van der Waals surface area contributed by atoms with E-state index in [2.05, 4.69) is 17.8 Å². The Morgan fingerprint density at radius 2 is 1.80 bits per heavy atom. The number of aliphatic hydroxyl groups is 2. The molecule has 230 valence electrons. The SMILES string of the molecule is CC[C@H]1OC(=O)[C@H](C)[C@@H](O)[C@H](C)[C@@H](OC2O[C@H](C)C[C@H](N(C)C)[C@H]2O)[C@@]2(C)C[C@@H](C)C3(OC1(C)C1NNCC13)O2. The number of rotatable bonds is 4. The highest BCUT2D eigenvalue weighted by Crippen LogP contribution is 2.59. The summed E-state index contributed by atoms with van der Waals surface area (Å²) in [5.74, 6) is -2.88. The predicted molar refractivity (Wildman–Crippen MR) is 146 cm³/mol. The third-order valence-electron chi connectivity index (χ3n) is 10.6. The summed E-state index contributed by atoms with van der Waals surface area (Å²) in [5.41, 5.74) is 4.94. The molecule has 3 bridgehead atoms. The fourth-order valence-electron chi connectivity index (χ4n) is 8.41. The summed E-state index contributed by atoms with van der Waals surface area (Å²) in [6.07, 6.45) is -2.47. The molecule has 11 nitrogen and oxygen atoms in total. The topological polar surface area (TPSA) is 131 Å². The summed E-state index contributed by atoms with van der Waals surface area (Å²) in [7, 11) is 3.87. The number of ether oxygens (including phenoxy) is 5. The third kappa shape index (κ3) is 4.64. The molecule has 1 spiro atoms. The Morgan fingerprint density at radius 1 is 1.10 bits per heavy atom. The lowest BCUT2D eigenvalue weighted by Gasteiger charge is -2.47. The van der Waals surface area contributed by atoms with Crippen molar-refractivity contribution >= 4 is 5.97 Å². The van der Waals surface area contributed by atoms with Gasteiger partial charge in [-0.1, -0.05) is 20.8 Å². The van der Waals surface area contributed by atoms with E-state index in [0.29, 0.717) is 25.8 Å². The molecule has 5 fully saturated rings. The van der Waals surface area contributed by atoms with Crippen molar-refractivity contribution in [1.29, 1.82) is 0 Å². The fourth-order valence-corrected chi connectivity index (χ4v) is 8.41. The highest BCUT2D eigenvalue weighted by atomic mass is 16.8. The second-order valence-electron chi connectivity index (χ2n) is 13.7. The first-order chi connectivity index (χ1) is 18.7. The van der Waals surface area contributed by atoms with Gasteiger partial charge in [-0.25, -0.2) is 0 Å². The van der Waals surface area contributed by atoms with Crippen LogP contribution in [0, 0.1) is 23.7 Å². The van der Waals surface area contributed by atoms with Crippen molar-refractivity contribution in [1.82, 2.24) is 15.8 Å². The van der Waals surface area contributed by atoms with Crippen LogP contribution in [0.1, 0.15) is 67.7 Å². The van der Waals surface area contributed by atoms with Crippen molar-refractivity contribution in [3.8, 4) is 0 Å². The Bertz CT molecular complexity index is 956. The van der Waals surface area contributed by atoms with Gasteiger partial charge < -0.3 is 38.8 Å². The van der Waals surface area contributed by atoms with Gasteiger partial charge in [0, 0.05) is 30.3 Å². The lowest BCUT2D eigenvalue weighted by atomic mass is 9.76. The van der Waals surface area contributed by atoms with Crippen LogP contribution in [0.3, 0.4) is 0 Å². The molecule has 5 rings (SSSR count). The molecule has 5 aliphatic rings. The Morgan fingerprint density at radius 3 is 2.45 bits per heavy atom. The molecule has 0 radical (unpaired) electrons. The van der Waals surface area contributed by atoms with Gasteiger partial charge in [0.05, 0.1) is 35.9 Å². The molecule has 5 saturated heterocycles. The summed E-state index contributed by atoms with van der Waals surface area (Å²) in [6.45, 7) is 14.3. The van der Waals surface area contributed by atoms with Gasteiger partial charge in [-0.05, 0) is 61.1 Å². The minimum atomic E-state index is -1.07. The van der Waals surface area contributed by atoms with E-state index in [4.69, 9.17) is 23.7 Å². The Balaban J connectivity index is 1.57. The molecular formula is C29H51N3O8. The van der Waals surface area contributed by atoms with Crippen molar-refractivity contribution < 1.29 is 38.7 Å². The lowest BCUT2D eigenvalue weighted by molar-refractivity contribution is -0.338. The normalized spacial score (nSPS) is 55.0. The van der Waals surface area contributed by atoms with E-state index in [-0.39, 0.29) is 30.0 Å². The predicted octanol–water partition coefficient (Wildman–Crippen LogP) is 1.16. The van der Waals surface area contributed by atoms with Gasteiger partial charge in [0.1, 0.15) is 17.8 Å². The standard InChI is InChI=1S/C29H51N3O8/c1-10-20-28(7)23-18(13-30-31-23)29(40-28)14(2)12-27(6,39-29)24(16(4)21(33)17(5)25(35)37-20)38-26-22(34)19(32(8)9)11-15(3)36-26/h14-24,26,30-31,33-34H,10-13H2,1-9H3/t14-,15-,16+,17-,18?,19+,20-,21+,22-,23?,24-,26?,27-,28?,29?/m1/s1. The maximum absolute atomic E-state index is 13.5. The molecule has 0 aliphatic carbocycles. The van der Waals surface area contributed by atoms with Crippen molar-refractivity contribution in [3.05, 3.63) is 0 Å². The third-order valence-corrected chi connectivity index (χ3v) is 10.6. The Kier molecular flexibility index (Phi) is 8.16. The van der Waals surface area contributed by atoms with E-state index in [1.807, 2.05) is 53.6 Å². The molecule has 0 aromatic carbocycles. The number of nitrogens with zero attached hydrogens (tertiary/aromatic N) is 1. The number of hydrogen-bond acceptors (Lipinski definition) is 11. The molecule has 0 amide bonds. The van der Waals surface area contributed by atoms with Gasteiger partial charge >= 0.3 is 5.97 Å². The molecular weight excluding hydrogens is 518 g/mol. The second kappa shape index (κ2) is 10.7. The van der Waals surface area contributed by atoms with Crippen LogP contribution in [0.15, 0.2) is 0 Å². The summed E-state index contributed by atoms with van der Waals surface area (Å²) in [6, 6.07) is -0.309. The molecule has 0 saturated carbocycles. The molecule has 40 heavy (non-hydrogen) atoms. The Labute approximate surface area is 238 Å². The van der Waals surface area contributed by atoms with Gasteiger partial charge in [0.15, 0.2) is 12.1 Å². The molecule has 5 aliphatic heterocycles. The van der Waals surface area contributed by atoms with Gasteiger partial charge in [-0.15, -0.1) is 0 Å². The van der Waals surface area contributed by atoms with Gasteiger partial charge in [-0.2, -0.15) is 0 Å². The number of hydrogen-bond donors (Lipinski definition) is 4. The van der Waals surface area contributed by atoms with E-state index in [0.717, 1.165) is 0 Å². The number of carbonyl (C=O) groups is 1. The molecule has 4 N–H and O–H groups in total. The van der Waals surface area contributed by atoms with Gasteiger partial charge in [0.25, 0.3) is 0 Å². The summed E-state index contributed by atoms with van der Waals surface area (Å²) < 4.78 is 33.1. The first-order valence-corrected chi connectivity index (χ1v) is 15.1. The highest BCUT2D eigenvalue weighted by molar-refractivity contribution is 5.73. The molecule has 11 heteroatoms. The van der Waals surface area contributed by atoms with E-state index in [1.165, 1.54) is 0 Å². The highest BCUT2D eigenvalue weighted by Gasteiger charge is 2.73. The average molecular weight is 570 g/mol. The van der Waals surface area contributed by atoms with Crippen LogP contribution in [0.25, 0.3) is 0 Å². The minimum absolute atomic E-state index is 0.0269. The van der Waals surface area contributed by atoms with Crippen LogP contribution in [-0.2, 0) is 28.5 Å². The number of aliphatic hydroxyl groups excluding tert-OH is 2. The first-order valence-electron chi connectivity index (χ1n) is 15.1. The molecule has 0 aromatic heterocycles. The summed E-state index contributed by atoms with van der Waals surface area (Å²) in [4.78, 5) is 15.5. The van der Waals surface area contributed by atoms with Crippen LogP contribution in [0.5, 0.6) is 0 Å². The summed E-state index contributed by atoms with van der Waals surface area (Å²) >= 11 is 0. The minimum Gasteiger partial charge on any atom is -0.459 e. The lowest BCUT2D eigenvalue weighted by Crippen LogP contribution is -2.60. The number of likely N-dealkylation sites (N-methyl/N-ethyl adjacent to an activating group) is 1. The van der Waals surface area contributed by atoms with Crippen LogP contribution < -0.4 is 10.9 Å². The van der Waals surface area contributed by atoms with Crippen molar-refractivity contribution in [2.24, 2.45) is 23.7 Å². The number of fused-ring (bicyclic) bond motifs is 4. The smallest absolute Gasteiger partial charge is 0.311 e. The van der Waals surface area contributed by atoms with E-state index in [1.54, 1.807) is 6.92 Å². The van der Waals surface area contributed by atoms with Crippen LogP contribution >= 0.6 is 0 Å². The fraction of sp³-hybridized carbons (Fsp3) is 0.966. The largest absolute Gasteiger partial charge is 0.459 e. The average Bonchev–Trinajstić information content (AvgIpc) is 3.55. The van der Waals surface area contributed by atoms with Crippen LogP contribution in [0.2, 0.25) is 0 Å². The van der Waals surface area contributed by atoms with Gasteiger partial charge in [0.2, 0.25) is 0 Å². The van der Waals surface area contributed by atoms with Crippen molar-refractivity contribution in [2.75, 3.05) is 20.6 Å². The zero-order valence-electron chi connectivity index (χ0n) is 25.5. The summed E-state index contributed by atoms with van der Waals surface area (Å²) in [5, 5.41) is 22.9. The number of nitrogens with one attached hydrogen (secondary N) is 2. The Hall–Kier alpha value is -0.890. The van der Waals surface area contributed by atoms with Crippen LogP contribution in [-0.4, -0.2) is 108 Å². The first kappa shape index (κ1) is 30.6. The van der Waals surface area contributed by atoms with E-state index >= 15 is 0 Å². The number of carbonyl (C=O) groups excluding carboxylic acids is 1. The quantitative estimate of drug-likeness (QED) is 0.364. The zero-order chi connectivity index (χ0) is 29.4. The molecule has 0 aromatic rings. The van der Waals surface area contributed by atoms with Crippen molar-refractivity contribution in [2.45, 2.75) is 134 Å². The molecule has 5 unspecified atom stereocenters. The number of esters is 1. The number of cyclic esters (lactones) is 1. The molecule has 15 atom stereocenters. The van der Waals surface area contributed by atoms with Crippen LogP contribution in [0.4, 0.5) is 0 Å². The second-order valence-corrected chi connectivity index (χ2v) is 13.7. The van der Waals surface area contributed by atoms with E-state index in [9.17, 15) is 15.0 Å². The maximum Gasteiger partial charge on any atom is 0.311 e. The zero-order valence-corrected chi connectivity index (χ0v) is 25.5. The monoisotopic (exact) mass is 569 g/mol. The van der Waals surface area contributed by atoms with E-state index < -0.39 is 65.5 Å². The number of hydrazine groups is 1.